The fourth-order valence-electron chi connectivity index (χ4n) is 3.12. The van der Waals surface area contributed by atoms with Crippen molar-refractivity contribution in [3.63, 3.8) is 0 Å². The summed E-state index contributed by atoms with van der Waals surface area (Å²) in [5, 5.41) is 62.4. The Morgan fingerprint density at radius 3 is 1.37 bits per heavy atom. The van der Waals surface area contributed by atoms with Crippen molar-refractivity contribution in [1.29, 1.82) is 0 Å². The van der Waals surface area contributed by atoms with Crippen molar-refractivity contribution in [2.24, 2.45) is 0 Å². The van der Waals surface area contributed by atoms with Gasteiger partial charge in [0.2, 0.25) is 0 Å². The van der Waals surface area contributed by atoms with Crippen molar-refractivity contribution >= 4 is 5.97 Å². The molecule has 8 heteroatoms. The van der Waals surface area contributed by atoms with Crippen molar-refractivity contribution in [1.82, 2.24) is 0 Å². The Kier molecular flexibility index (Phi) is 12.0. The number of carboxylic acid groups (broad SMARTS) is 1. The number of carboxylic acids is 1. The molecular formula is C30H34O8. The molecule has 4 aromatic rings. The Labute approximate surface area is 222 Å². The smallest absolute Gasteiger partial charge is 0.339 e. The molecule has 0 saturated carbocycles. The van der Waals surface area contributed by atoms with Crippen molar-refractivity contribution < 1.29 is 40.5 Å². The largest absolute Gasteiger partial charge is 0.508 e. The van der Waals surface area contributed by atoms with Gasteiger partial charge in [0.25, 0.3) is 0 Å². The number of phenols is 6. The van der Waals surface area contributed by atoms with E-state index in [0.717, 1.165) is 16.7 Å². The Hall–Kier alpha value is -4.85. The van der Waals surface area contributed by atoms with E-state index >= 15 is 0 Å². The van der Waals surface area contributed by atoms with Gasteiger partial charge in [-0.25, -0.2) is 4.79 Å². The summed E-state index contributed by atoms with van der Waals surface area (Å²) in [6.45, 7) is 8.88. The van der Waals surface area contributed by atoms with E-state index in [1.165, 1.54) is 12.1 Å². The number of benzene rings is 4. The molecule has 0 atom stereocenters. The lowest BCUT2D eigenvalue weighted by Gasteiger charge is -2.01. The molecule has 202 valence electrons. The van der Waals surface area contributed by atoms with Gasteiger partial charge in [0.05, 0.1) is 0 Å². The van der Waals surface area contributed by atoms with Crippen molar-refractivity contribution in [3.8, 4) is 34.5 Å². The summed E-state index contributed by atoms with van der Waals surface area (Å²) >= 11 is 0. The van der Waals surface area contributed by atoms with Gasteiger partial charge in [-0.3, -0.25) is 0 Å². The van der Waals surface area contributed by atoms with Gasteiger partial charge < -0.3 is 35.7 Å². The molecule has 7 N–H and O–H groups in total. The minimum Gasteiger partial charge on any atom is -0.508 e. The molecule has 0 amide bonds. The number of rotatable bonds is 1. The highest BCUT2D eigenvalue weighted by Crippen LogP contribution is 2.26. The molecule has 0 spiro atoms. The van der Waals surface area contributed by atoms with Gasteiger partial charge in [0.1, 0.15) is 40.1 Å². The SMILES string of the molecule is Cc1cc(O)c(C)c(O)c1.Cc1cc(O)cc(O)c1.Cc1cccc(O)c1.Cc1cccc(O)c1C(=O)O. The number of phenolic OH excluding ortho intramolecular Hbond substituents is 5. The number of aromatic carboxylic acids is 1. The van der Waals surface area contributed by atoms with Gasteiger partial charge in [0.15, 0.2) is 0 Å². The summed E-state index contributed by atoms with van der Waals surface area (Å²) in [5.74, 6) is -0.432. The molecule has 0 fully saturated rings. The molecule has 0 aromatic heterocycles. The maximum atomic E-state index is 10.5. The van der Waals surface area contributed by atoms with Crippen LogP contribution in [0.1, 0.15) is 38.2 Å². The quantitative estimate of drug-likeness (QED) is 0.155. The predicted molar refractivity (Wildman–Crippen MR) is 146 cm³/mol. The summed E-state index contributed by atoms with van der Waals surface area (Å²) in [4.78, 5) is 10.5. The average molecular weight is 523 g/mol. The Bertz CT molecular complexity index is 1250. The van der Waals surface area contributed by atoms with E-state index in [0.29, 0.717) is 16.9 Å². The maximum absolute atomic E-state index is 10.5. The molecule has 0 saturated heterocycles. The second-order valence-corrected chi connectivity index (χ2v) is 8.57. The highest BCUT2D eigenvalue weighted by Gasteiger charge is 2.10. The zero-order valence-electron chi connectivity index (χ0n) is 22.0. The van der Waals surface area contributed by atoms with Crippen molar-refractivity contribution in [2.75, 3.05) is 0 Å². The molecule has 4 rings (SSSR count). The van der Waals surface area contributed by atoms with Crippen LogP contribution in [-0.2, 0) is 0 Å². The summed E-state index contributed by atoms with van der Waals surface area (Å²) < 4.78 is 0. The van der Waals surface area contributed by atoms with Crippen LogP contribution in [0.5, 0.6) is 34.5 Å². The second kappa shape index (κ2) is 14.6. The standard InChI is InChI=1S/C8H8O3.C8H10O2.C7H8O2.C7H8O/c1-5-3-2-4-6(9)7(5)8(10)11;1-5-3-7(9)6(2)8(10)4-5;1-5-2-6(8)4-7(9)3-5;1-6-3-2-4-7(8)5-6/h2-4,9H,1H3,(H,10,11);3-4,9-10H,1-2H3;2-4,8-9H,1H3;2-5,8H,1H3. The van der Waals surface area contributed by atoms with Crippen LogP contribution in [0.3, 0.4) is 0 Å². The zero-order valence-corrected chi connectivity index (χ0v) is 22.0. The van der Waals surface area contributed by atoms with Crippen LogP contribution in [0.4, 0.5) is 0 Å². The maximum Gasteiger partial charge on any atom is 0.339 e. The average Bonchev–Trinajstić information content (AvgIpc) is 2.77. The fourth-order valence-corrected chi connectivity index (χ4v) is 3.12. The first-order valence-corrected chi connectivity index (χ1v) is 11.5. The Morgan fingerprint density at radius 2 is 1.00 bits per heavy atom. The van der Waals surface area contributed by atoms with Crippen LogP contribution in [0.25, 0.3) is 0 Å². The highest BCUT2D eigenvalue weighted by molar-refractivity contribution is 5.92. The molecule has 0 unspecified atom stereocenters. The molecule has 0 aliphatic carbocycles. The van der Waals surface area contributed by atoms with Gasteiger partial charge in [-0.15, -0.1) is 0 Å². The number of carbonyl (C=O) groups is 1. The van der Waals surface area contributed by atoms with Crippen LogP contribution in [0.2, 0.25) is 0 Å². The molecule has 0 bridgehead atoms. The lowest BCUT2D eigenvalue weighted by atomic mass is 10.1. The minimum absolute atomic E-state index is 0.0208. The Balaban J connectivity index is 0.000000255. The van der Waals surface area contributed by atoms with Gasteiger partial charge in [0, 0.05) is 11.6 Å². The molecule has 4 aromatic carbocycles. The monoisotopic (exact) mass is 522 g/mol. The molecule has 0 aliphatic rings. The van der Waals surface area contributed by atoms with E-state index in [9.17, 15) is 4.79 Å². The van der Waals surface area contributed by atoms with Crippen LogP contribution in [-0.4, -0.2) is 41.7 Å². The summed E-state index contributed by atoms with van der Waals surface area (Å²) in [5.41, 5.74) is 3.88. The second-order valence-electron chi connectivity index (χ2n) is 8.57. The summed E-state index contributed by atoms with van der Waals surface area (Å²) in [7, 11) is 0. The minimum atomic E-state index is -1.10. The van der Waals surface area contributed by atoms with Gasteiger partial charge >= 0.3 is 5.97 Å². The number of hydrogen-bond donors (Lipinski definition) is 7. The molecular weight excluding hydrogens is 488 g/mol. The van der Waals surface area contributed by atoms with Gasteiger partial charge in [-0.05, 0) is 99.3 Å². The molecule has 0 aliphatic heterocycles. The molecule has 38 heavy (non-hydrogen) atoms. The van der Waals surface area contributed by atoms with E-state index in [2.05, 4.69) is 0 Å². The van der Waals surface area contributed by atoms with Crippen LogP contribution in [0.15, 0.2) is 72.8 Å². The third-order valence-electron chi connectivity index (χ3n) is 5.01. The number of aryl methyl sites for hydroxylation is 4. The first-order valence-electron chi connectivity index (χ1n) is 11.5. The molecule has 0 heterocycles. The lowest BCUT2D eigenvalue weighted by Crippen LogP contribution is -1.99. The topological polar surface area (TPSA) is 159 Å². The van der Waals surface area contributed by atoms with E-state index in [1.807, 2.05) is 26.0 Å². The summed E-state index contributed by atoms with van der Waals surface area (Å²) in [6, 6.07) is 19.5. The van der Waals surface area contributed by atoms with E-state index in [1.54, 1.807) is 69.3 Å². The molecule has 0 radical (unpaired) electrons. The number of aromatic hydroxyl groups is 6. The fraction of sp³-hybridized carbons (Fsp3) is 0.167. The van der Waals surface area contributed by atoms with Crippen LogP contribution >= 0.6 is 0 Å². The van der Waals surface area contributed by atoms with Gasteiger partial charge in [-0.2, -0.15) is 0 Å². The highest BCUT2D eigenvalue weighted by atomic mass is 16.4. The zero-order chi connectivity index (χ0) is 29.0. The Morgan fingerprint density at radius 1 is 0.526 bits per heavy atom. The lowest BCUT2D eigenvalue weighted by molar-refractivity contribution is 0.0693. The van der Waals surface area contributed by atoms with Gasteiger partial charge in [-0.1, -0.05) is 24.3 Å². The van der Waals surface area contributed by atoms with E-state index in [4.69, 9.17) is 35.7 Å². The van der Waals surface area contributed by atoms with Crippen LogP contribution < -0.4 is 0 Å². The normalized spacial score (nSPS) is 9.50. The summed E-state index contributed by atoms with van der Waals surface area (Å²) in [6.07, 6.45) is 0. The van der Waals surface area contributed by atoms with Crippen LogP contribution in [0, 0.1) is 34.6 Å². The first kappa shape index (κ1) is 31.2. The molecule has 8 nitrogen and oxygen atoms in total. The number of hydrogen-bond acceptors (Lipinski definition) is 7. The third kappa shape index (κ3) is 10.8. The van der Waals surface area contributed by atoms with Crippen molar-refractivity contribution in [3.05, 3.63) is 106 Å². The van der Waals surface area contributed by atoms with Crippen molar-refractivity contribution in [2.45, 2.75) is 34.6 Å². The van der Waals surface area contributed by atoms with E-state index < -0.39 is 5.97 Å². The van der Waals surface area contributed by atoms with E-state index in [-0.39, 0.29) is 34.3 Å². The first-order chi connectivity index (χ1) is 17.7. The third-order valence-corrected chi connectivity index (χ3v) is 5.01. The predicted octanol–water partition coefficient (Wildman–Crippen LogP) is 6.22.